The summed E-state index contributed by atoms with van der Waals surface area (Å²) in [5, 5.41) is 2.79. The zero-order chi connectivity index (χ0) is 15.9. The van der Waals surface area contributed by atoms with Crippen molar-refractivity contribution in [2.45, 2.75) is 12.8 Å². The van der Waals surface area contributed by atoms with Gasteiger partial charge in [0.15, 0.2) is 0 Å². The fourth-order valence-corrected chi connectivity index (χ4v) is 2.46. The second kappa shape index (κ2) is 7.91. The van der Waals surface area contributed by atoms with Crippen molar-refractivity contribution < 1.29 is 9.59 Å². The van der Waals surface area contributed by atoms with E-state index in [1.807, 2.05) is 29.2 Å². The third kappa shape index (κ3) is 4.82. The van der Waals surface area contributed by atoms with Gasteiger partial charge in [0.1, 0.15) is 0 Å². The van der Waals surface area contributed by atoms with Crippen LogP contribution in [-0.2, 0) is 16.0 Å². The second-order valence-electron chi connectivity index (χ2n) is 5.65. The van der Waals surface area contributed by atoms with Crippen molar-refractivity contribution in [2.24, 2.45) is 5.73 Å². The van der Waals surface area contributed by atoms with Gasteiger partial charge in [-0.05, 0) is 24.7 Å². The van der Waals surface area contributed by atoms with E-state index in [0.29, 0.717) is 25.1 Å². The third-order valence-electron chi connectivity index (χ3n) is 3.79. The van der Waals surface area contributed by atoms with Crippen LogP contribution in [0.1, 0.15) is 12.0 Å². The quantitative estimate of drug-likeness (QED) is 0.819. The van der Waals surface area contributed by atoms with Crippen molar-refractivity contribution in [2.75, 3.05) is 45.1 Å². The fraction of sp³-hybridized carbons (Fsp3) is 0.500. The average Bonchev–Trinajstić information content (AvgIpc) is 2.48. The summed E-state index contributed by atoms with van der Waals surface area (Å²) in [5.74, 6) is 0.0311. The molecule has 1 aromatic carbocycles. The van der Waals surface area contributed by atoms with Gasteiger partial charge in [0, 0.05) is 44.8 Å². The smallest absolute Gasteiger partial charge is 0.227 e. The Morgan fingerprint density at radius 1 is 1.23 bits per heavy atom. The lowest BCUT2D eigenvalue weighted by Crippen LogP contribution is -2.47. The van der Waals surface area contributed by atoms with Crippen molar-refractivity contribution in [3.63, 3.8) is 0 Å². The lowest BCUT2D eigenvalue weighted by molar-refractivity contribution is -0.132. The maximum absolute atomic E-state index is 12.3. The van der Waals surface area contributed by atoms with Crippen LogP contribution in [0.25, 0.3) is 0 Å². The zero-order valence-corrected chi connectivity index (χ0v) is 13.0. The number of rotatable bonds is 5. The minimum Gasteiger partial charge on any atom is -0.340 e. The number of amides is 2. The first-order valence-corrected chi connectivity index (χ1v) is 7.63. The van der Waals surface area contributed by atoms with Gasteiger partial charge in [-0.2, -0.15) is 0 Å². The Bertz CT molecular complexity index is 525. The highest BCUT2D eigenvalue weighted by Crippen LogP contribution is 2.13. The maximum atomic E-state index is 12.3. The van der Waals surface area contributed by atoms with E-state index >= 15 is 0 Å². The van der Waals surface area contributed by atoms with Crippen molar-refractivity contribution in [1.82, 2.24) is 9.80 Å². The highest BCUT2D eigenvalue weighted by atomic mass is 16.2. The Morgan fingerprint density at radius 2 is 1.95 bits per heavy atom. The number of piperazine rings is 1. The number of anilines is 1. The number of nitrogens with zero attached hydrogens (tertiary/aromatic N) is 2. The molecule has 1 heterocycles. The molecule has 2 rings (SSSR count). The van der Waals surface area contributed by atoms with Crippen molar-refractivity contribution in [3.8, 4) is 0 Å². The van der Waals surface area contributed by atoms with E-state index in [2.05, 4.69) is 17.3 Å². The van der Waals surface area contributed by atoms with E-state index in [0.717, 1.165) is 31.7 Å². The number of hydrogen-bond donors (Lipinski definition) is 2. The number of hydrogen-bond acceptors (Lipinski definition) is 4. The Hall–Kier alpha value is -1.92. The summed E-state index contributed by atoms with van der Waals surface area (Å²) >= 11 is 0. The van der Waals surface area contributed by atoms with Gasteiger partial charge in [-0.3, -0.25) is 9.59 Å². The normalized spacial score (nSPS) is 15.6. The summed E-state index contributed by atoms with van der Waals surface area (Å²) in [6, 6.07) is 7.43. The van der Waals surface area contributed by atoms with Gasteiger partial charge in [0.25, 0.3) is 0 Å². The molecule has 3 N–H and O–H groups in total. The van der Waals surface area contributed by atoms with Gasteiger partial charge in [0.05, 0.1) is 6.42 Å². The molecule has 6 nitrogen and oxygen atoms in total. The molecule has 1 fully saturated rings. The minimum atomic E-state index is -0.106. The molecule has 0 atom stereocenters. The van der Waals surface area contributed by atoms with E-state index in [1.54, 1.807) is 0 Å². The Morgan fingerprint density at radius 3 is 2.64 bits per heavy atom. The molecule has 0 bridgehead atoms. The van der Waals surface area contributed by atoms with Gasteiger partial charge in [0.2, 0.25) is 11.8 Å². The van der Waals surface area contributed by atoms with E-state index in [-0.39, 0.29) is 11.8 Å². The van der Waals surface area contributed by atoms with Crippen LogP contribution in [0.15, 0.2) is 24.3 Å². The monoisotopic (exact) mass is 304 g/mol. The van der Waals surface area contributed by atoms with Crippen LogP contribution < -0.4 is 11.1 Å². The first-order valence-electron chi connectivity index (χ1n) is 7.63. The highest BCUT2D eigenvalue weighted by molar-refractivity contribution is 5.91. The van der Waals surface area contributed by atoms with E-state index in [9.17, 15) is 9.59 Å². The molecular formula is C16H24N4O2. The van der Waals surface area contributed by atoms with Crippen molar-refractivity contribution in [1.29, 1.82) is 0 Å². The number of likely N-dealkylation sites (N-methyl/N-ethyl adjacent to an activating group) is 1. The summed E-state index contributed by atoms with van der Waals surface area (Å²) in [6.07, 6.45) is 0.661. The third-order valence-corrected chi connectivity index (χ3v) is 3.79. The predicted octanol–water partition coefficient (Wildman–Crippen LogP) is 0.290. The molecule has 0 spiro atoms. The van der Waals surface area contributed by atoms with Crippen LogP contribution in [0.3, 0.4) is 0 Å². The first kappa shape index (κ1) is 16.5. The molecule has 1 aliphatic heterocycles. The van der Waals surface area contributed by atoms with Gasteiger partial charge in [-0.15, -0.1) is 0 Å². The van der Waals surface area contributed by atoms with Gasteiger partial charge in [-0.1, -0.05) is 12.1 Å². The van der Waals surface area contributed by atoms with Crippen molar-refractivity contribution in [3.05, 3.63) is 29.8 Å². The molecular weight excluding hydrogens is 280 g/mol. The van der Waals surface area contributed by atoms with Crippen LogP contribution >= 0.6 is 0 Å². The molecule has 0 unspecified atom stereocenters. The Kier molecular flexibility index (Phi) is 5.91. The topological polar surface area (TPSA) is 78.7 Å². The lowest BCUT2D eigenvalue weighted by atomic mass is 10.1. The average molecular weight is 304 g/mol. The number of carbonyl (C=O) groups is 2. The summed E-state index contributed by atoms with van der Waals surface area (Å²) in [6.45, 7) is 3.72. The molecule has 1 saturated heterocycles. The predicted molar refractivity (Wildman–Crippen MR) is 86.5 cm³/mol. The first-order chi connectivity index (χ1) is 10.6. The molecule has 0 saturated carbocycles. The molecule has 0 radical (unpaired) electrons. The minimum absolute atomic E-state index is 0.106. The summed E-state index contributed by atoms with van der Waals surface area (Å²) in [5.41, 5.74) is 6.98. The molecule has 0 aromatic heterocycles. The van der Waals surface area contributed by atoms with Crippen molar-refractivity contribution >= 4 is 17.5 Å². The van der Waals surface area contributed by atoms with Crippen LogP contribution in [0.2, 0.25) is 0 Å². The van der Waals surface area contributed by atoms with E-state index in [4.69, 9.17) is 5.73 Å². The molecule has 2 amide bonds. The number of carbonyl (C=O) groups excluding carboxylic acids is 2. The lowest BCUT2D eigenvalue weighted by Gasteiger charge is -2.32. The van der Waals surface area contributed by atoms with Crippen LogP contribution in [-0.4, -0.2) is 61.4 Å². The van der Waals surface area contributed by atoms with E-state index in [1.165, 1.54) is 0 Å². The Labute approximate surface area is 131 Å². The molecule has 120 valence electrons. The number of nitrogens with one attached hydrogen (secondary N) is 1. The fourth-order valence-electron chi connectivity index (χ4n) is 2.46. The van der Waals surface area contributed by atoms with Crippen LogP contribution in [0, 0.1) is 0 Å². The standard InChI is InChI=1S/C16H24N4O2/c1-19-7-9-20(10-8-19)16(22)12-13-3-2-4-14(11-13)18-15(21)5-6-17/h2-4,11H,5-10,12,17H2,1H3,(H,18,21). The number of benzene rings is 1. The summed E-state index contributed by atoms with van der Waals surface area (Å²) in [4.78, 5) is 28.0. The largest absolute Gasteiger partial charge is 0.340 e. The molecule has 1 aromatic rings. The zero-order valence-electron chi connectivity index (χ0n) is 13.0. The van der Waals surface area contributed by atoms with Gasteiger partial charge >= 0.3 is 0 Å². The molecule has 22 heavy (non-hydrogen) atoms. The SMILES string of the molecule is CN1CCN(C(=O)Cc2cccc(NC(=O)CCN)c2)CC1. The molecule has 0 aliphatic carbocycles. The molecule has 1 aliphatic rings. The molecule has 6 heteroatoms. The Balaban J connectivity index is 1.92. The van der Waals surface area contributed by atoms with E-state index < -0.39 is 0 Å². The van der Waals surface area contributed by atoms with Gasteiger partial charge in [-0.25, -0.2) is 0 Å². The summed E-state index contributed by atoms with van der Waals surface area (Å²) < 4.78 is 0. The second-order valence-corrected chi connectivity index (χ2v) is 5.65. The van der Waals surface area contributed by atoms with Crippen LogP contribution in [0.5, 0.6) is 0 Å². The number of nitrogens with two attached hydrogens (primary N) is 1. The van der Waals surface area contributed by atoms with Gasteiger partial charge < -0.3 is 20.9 Å². The van der Waals surface area contributed by atoms with Crippen LogP contribution in [0.4, 0.5) is 5.69 Å². The maximum Gasteiger partial charge on any atom is 0.227 e. The summed E-state index contributed by atoms with van der Waals surface area (Å²) in [7, 11) is 2.06. The highest BCUT2D eigenvalue weighted by Gasteiger charge is 2.19.